The van der Waals surface area contributed by atoms with Gasteiger partial charge in [0.25, 0.3) is 20.2 Å². The Morgan fingerprint density at radius 1 is 0.536 bits per heavy atom. The van der Waals surface area contributed by atoms with Crippen LogP contribution in [0.5, 0.6) is 0 Å². The van der Waals surface area contributed by atoms with E-state index < -0.39 is 20.2 Å². The third kappa shape index (κ3) is 10.9. The largest absolute Gasteiger partial charge is 0.294 e. The Morgan fingerprint density at radius 3 is 0.929 bits per heavy atom. The van der Waals surface area contributed by atoms with E-state index in [4.69, 9.17) is 9.11 Å². The van der Waals surface area contributed by atoms with Crippen LogP contribution in [-0.2, 0) is 20.2 Å². The van der Waals surface area contributed by atoms with Gasteiger partial charge in [-0.2, -0.15) is 30.3 Å². The molecule has 6 nitrogen and oxygen atoms in total. The molecule has 0 heterocycles. The van der Waals surface area contributed by atoms with Crippen LogP contribution in [0.3, 0.4) is 0 Å². The van der Waals surface area contributed by atoms with Crippen LogP contribution in [-0.4, -0.2) is 25.9 Å². The van der Waals surface area contributed by atoms with Crippen molar-refractivity contribution in [2.24, 2.45) is 0 Å². The second-order valence-corrected chi connectivity index (χ2v) is 8.07. The first kappa shape index (κ1) is 25.8. The molecule has 28 heavy (non-hydrogen) atoms. The number of rotatable bonds is 2. The van der Waals surface area contributed by atoms with Crippen LogP contribution in [0.15, 0.2) is 101 Å². The second kappa shape index (κ2) is 12.3. The van der Waals surface area contributed by atoms with Crippen LogP contribution < -0.4 is 0 Å². The van der Waals surface area contributed by atoms with Crippen molar-refractivity contribution in [3.05, 3.63) is 96.6 Å². The Labute approximate surface area is 172 Å². The van der Waals surface area contributed by atoms with Gasteiger partial charge in [-0.15, -0.1) is 0 Å². The molecule has 152 valence electrons. The summed E-state index contributed by atoms with van der Waals surface area (Å²) in [6, 6.07) is 25.1. The highest BCUT2D eigenvalue weighted by atomic mass is 32.2. The average Bonchev–Trinajstić information content (AvgIpc) is 2.64. The summed E-state index contributed by atoms with van der Waals surface area (Å²) in [4.78, 5) is -0.148. The number of benzene rings is 3. The summed E-state index contributed by atoms with van der Waals surface area (Å²) in [7, 11) is -8.01. The molecule has 3 aromatic carbocycles. The summed E-state index contributed by atoms with van der Waals surface area (Å²) < 4.78 is 58.5. The summed E-state index contributed by atoms with van der Waals surface area (Å²) in [5.74, 6) is 0. The molecule has 0 aliphatic heterocycles. The first-order valence-corrected chi connectivity index (χ1v) is 10.6. The standard InChI is InChI=1S/C7H8.2C6H6O3S.H2S/c1-7-5-3-2-4-6-7;2*7-10(8,9)6-4-2-1-3-5-6;/h2-6H,1H3;2*1-5H,(H,7,8,9);1H2. The van der Waals surface area contributed by atoms with Gasteiger partial charge in [-0.3, -0.25) is 9.11 Å². The number of hydrogen-bond acceptors (Lipinski definition) is 4. The summed E-state index contributed by atoms with van der Waals surface area (Å²) >= 11 is 0. The third-order valence-electron chi connectivity index (χ3n) is 3.02. The molecule has 3 rings (SSSR count). The van der Waals surface area contributed by atoms with Crippen molar-refractivity contribution in [2.75, 3.05) is 0 Å². The summed E-state index contributed by atoms with van der Waals surface area (Å²) in [5.41, 5.74) is 1.32. The van der Waals surface area contributed by atoms with Crippen LogP contribution in [0.2, 0.25) is 0 Å². The molecule has 9 heteroatoms. The predicted molar refractivity (Wildman–Crippen MR) is 114 cm³/mol. The maximum absolute atomic E-state index is 10.4. The Bertz CT molecular complexity index is 938. The summed E-state index contributed by atoms with van der Waals surface area (Å²) in [6.07, 6.45) is 0. The zero-order valence-electron chi connectivity index (χ0n) is 15.0. The summed E-state index contributed by atoms with van der Waals surface area (Å²) in [5, 5.41) is 0. The number of aryl methyl sites for hydroxylation is 1. The van der Waals surface area contributed by atoms with Crippen LogP contribution >= 0.6 is 13.5 Å². The van der Waals surface area contributed by atoms with Crippen molar-refractivity contribution in [1.82, 2.24) is 0 Å². The van der Waals surface area contributed by atoms with Gasteiger partial charge in [-0.05, 0) is 31.2 Å². The van der Waals surface area contributed by atoms with E-state index in [1.807, 2.05) is 18.2 Å². The van der Waals surface area contributed by atoms with Crippen LogP contribution in [0.1, 0.15) is 5.56 Å². The molecule has 0 bridgehead atoms. The first-order chi connectivity index (χ1) is 12.6. The fourth-order valence-electron chi connectivity index (χ4n) is 1.72. The zero-order chi connectivity index (χ0) is 20.3. The van der Waals surface area contributed by atoms with Crippen LogP contribution in [0, 0.1) is 6.92 Å². The molecule has 0 spiro atoms. The van der Waals surface area contributed by atoms with Gasteiger partial charge in [0.05, 0.1) is 9.79 Å². The fourth-order valence-corrected chi connectivity index (χ4v) is 2.72. The lowest BCUT2D eigenvalue weighted by Crippen LogP contribution is -1.96. The van der Waals surface area contributed by atoms with Gasteiger partial charge in [0.2, 0.25) is 0 Å². The molecule has 3 aromatic rings. The highest BCUT2D eigenvalue weighted by Gasteiger charge is 2.06. The molecule has 0 aliphatic carbocycles. The van der Waals surface area contributed by atoms with E-state index in [0.29, 0.717) is 0 Å². The van der Waals surface area contributed by atoms with Crippen LogP contribution in [0.25, 0.3) is 0 Å². The van der Waals surface area contributed by atoms with Gasteiger partial charge in [-0.1, -0.05) is 72.3 Å². The van der Waals surface area contributed by atoms with Gasteiger partial charge in [0.1, 0.15) is 0 Å². The zero-order valence-corrected chi connectivity index (χ0v) is 17.6. The van der Waals surface area contributed by atoms with Crippen molar-refractivity contribution in [3.63, 3.8) is 0 Å². The predicted octanol–water partition coefficient (Wildman–Crippen LogP) is 3.97. The van der Waals surface area contributed by atoms with Crippen molar-refractivity contribution in [1.29, 1.82) is 0 Å². The highest BCUT2D eigenvalue weighted by Crippen LogP contribution is 2.06. The minimum atomic E-state index is -4.00. The monoisotopic (exact) mass is 442 g/mol. The highest BCUT2D eigenvalue weighted by molar-refractivity contribution is 7.86. The van der Waals surface area contributed by atoms with Gasteiger partial charge in [0, 0.05) is 0 Å². The Morgan fingerprint density at radius 2 is 0.786 bits per heavy atom. The van der Waals surface area contributed by atoms with Gasteiger partial charge in [0.15, 0.2) is 0 Å². The van der Waals surface area contributed by atoms with Gasteiger partial charge in [-0.25, -0.2) is 0 Å². The van der Waals surface area contributed by atoms with Crippen LogP contribution in [0.4, 0.5) is 0 Å². The van der Waals surface area contributed by atoms with Crippen molar-refractivity contribution in [2.45, 2.75) is 16.7 Å². The van der Waals surface area contributed by atoms with Gasteiger partial charge >= 0.3 is 0 Å². The molecule has 0 saturated heterocycles. The lowest BCUT2D eigenvalue weighted by Gasteiger charge is -1.92. The molecule has 0 unspecified atom stereocenters. The average molecular weight is 443 g/mol. The van der Waals surface area contributed by atoms with E-state index in [-0.39, 0.29) is 23.3 Å². The first-order valence-electron chi connectivity index (χ1n) is 7.67. The Balaban J connectivity index is 0.000000390. The Kier molecular flexibility index (Phi) is 11.4. The maximum atomic E-state index is 10.4. The van der Waals surface area contributed by atoms with Crippen molar-refractivity contribution in [3.8, 4) is 0 Å². The normalized spacial score (nSPS) is 10.2. The lowest BCUT2D eigenvalue weighted by atomic mass is 10.2. The second-order valence-electron chi connectivity index (χ2n) is 5.23. The smallest absolute Gasteiger partial charge is 0.282 e. The van der Waals surface area contributed by atoms with E-state index in [1.165, 1.54) is 29.8 Å². The quantitative estimate of drug-likeness (QED) is 0.581. The molecule has 2 N–H and O–H groups in total. The molecule has 0 saturated carbocycles. The minimum absolute atomic E-state index is 0. The van der Waals surface area contributed by atoms with E-state index in [2.05, 4.69) is 19.1 Å². The Hall–Kier alpha value is -2.17. The molecule has 0 fully saturated rings. The molecule has 0 aliphatic rings. The van der Waals surface area contributed by atoms with Crippen molar-refractivity contribution < 1.29 is 25.9 Å². The number of hydrogen-bond donors (Lipinski definition) is 2. The van der Waals surface area contributed by atoms with Gasteiger partial charge < -0.3 is 0 Å². The fraction of sp³-hybridized carbons (Fsp3) is 0.0526. The molecule has 0 radical (unpaired) electrons. The minimum Gasteiger partial charge on any atom is -0.282 e. The van der Waals surface area contributed by atoms with E-state index in [1.54, 1.807) is 36.4 Å². The molecular weight excluding hydrogens is 420 g/mol. The topological polar surface area (TPSA) is 109 Å². The third-order valence-corrected chi connectivity index (χ3v) is 4.76. The van der Waals surface area contributed by atoms with E-state index in [0.717, 1.165) is 0 Å². The molecule has 0 aromatic heterocycles. The summed E-state index contributed by atoms with van der Waals surface area (Å²) in [6.45, 7) is 2.08. The molecule has 0 amide bonds. The maximum Gasteiger partial charge on any atom is 0.294 e. The van der Waals surface area contributed by atoms with Crippen molar-refractivity contribution >= 4 is 33.7 Å². The molecule has 0 atom stereocenters. The lowest BCUT2D eigenvalue weighted by molar-refractivity contribution is 0.481. The van der Waals surface area contributed by atoms with E-state index >= 15 is 0 Å². The van der Waals surface area contributed by atoms with E-state index in [9.17, 15) is 16.8 Å². The molecular formula is C19H22O6S3. The SMILES string of the molecule is Cc1ccccc1.O=S(=O)(O)c1ccccc1.O=S(=O)(O)c1ccccc1.S.